The summed E-state index contributed by atoms with van der Waals surface area (Å²) in [4.78, 5) is 2.55. The molecule has 0 unspecified atom stereocenters. The third-order valence-corrected chi connectivity index (χ3v) is 13.6. The van der Waals surface area contributed by atoms with Crippen LogP contribution in [0.5, 0.6) is 0 Å². The van der Waals surface area contributed by atoms with Gasteiger partial charge in [0.05, 0.1) is 5.41 Å². The van der Waals surface area contributed by atoms with E-state index < -0.39 is 5.41 Å². The Kier molecular flexibility index (Phi) is 11.9. The molecule has 0 amide bonds. The van der Waals surface area contributed by atoms with Crippen LogP contribution < -0.4 is 4.90 Å². The second-order valence-corrected chi connectivity index (χ2v) is 16.5. The van der Waals surface area contributed by atoms with Gasteiger partial charge in [0.25, 0.3) is 0 Å². The Hall–Kier alpha value is -6.70. The second-order valence-electron chi connectivity index (χ2n) is 16.5. The first kappa shape index (κ1) is 41.6. The molecule has 63 heavy (non-hydrogen) atoms. The predicted molar refractivity (Wildman–Crippen MR) is 271 cm³/mol. The first-order valence-electron chi connectivity index (χ1n) is 23.4. The van der Waals surface area contributed by atoms with E-state index in [-0.39, 0.29) is 0 Å². The van der Waals surface area contributed by atoms with E-state index in [9.17, 15) is 0 Å². The lowest BCUT2D eigenvalue weighted by molar-refractivity contribution is 0.767. The van der Waals surface area contributed by atoms with Crippen LogP contribution in [0.15, 0.2) is 211 Å². The van der Waals surface area contributed by atoms with Gasteiger partial charge >= 0.3 is 0 Å². The highest BCUT2D eigenvalue weighted by atomic mass is 15.1. The zero-order chi connectivity index (χ0) is 43.5. The summed E-state index contributed by atoms with van der Waals surface area (Å²) in [5, 5.41) is 0. The number of benzene rings is 6. The Balaban J connectivity index is 0.00000123. The number of aryl methyl sites for hydroxylation is 1. The molecule has 0 saturated heterocycles. The lowest BCUT2D eigenvalue weighted by atomic mass is 9.67. The molecule has 1 heteroatoms. The maximum absolute atomic E-state index is 3.92. The van der Waals surface area contributed by atoms with Crippen molar-refractivity contribution < 1.29 is 0 Å². The zero-order valence-corrected chi connectivity index (χ0v) is 37.7. The van der Waals surface area contributed by atoms with Crippen molar-refractivity contribution in [2.24, 2.45) is 0 Å². The SMILES string of the molecule is C=C/C=C\C(=C/C)C1=CC=C(N(c2cccc(C3(c4ccccc4)c4ccccc4-c4ccccc43)c2)c2ccc3c(c2)-c2ccc4c(c2C3)C2=CCC=C2CC4)CC1.CC.CC. The van der Waals surface area contributed by atoms with Crippen LogP contribution in [0.25, 0.3) is 27.8 Å². The van der Waals surface area contributed by atoms with E-state index in [0.717, 1.165) is 38.5 Å². The second kappa shape index (κ2) is 18.0. The first-order valence-corrected chi connectivity index (χ1v) is 23.4. The largest absolute Gasteiger partial charge is 0.314 e. The van der Waals surface area contributed by atoms with Crippen LogP contribution in [0.2, 0.25) is 0 Å². The first-order chi connectivity index (χ1) is 31.2. The van der Waals surface area contributed by atoms with E-state index in [1.165, 1.54) is 101 Å². The highest BCUT2D eigenvalue weighted by Gasteiger charge is 2.46. The molecule has 11 rings (SSSR count). The van der Waals surface area contributed by atoms with Crippen LogP contribution in [-0.2, 0) is 18.3 Å². The summed E-state index contributed by atoms with van der Waals surface area (Å²) in [6.07, 6.45) is 24.1. The molecular formula is C62H59N. The summed E-state index contributed by atoms with van der Waals surface area (Å²) in [6, 6.07) is 50.8. The molecule has 0 aromatic heterocycles. The van der Waals surface area contributed by atoms with E-state index >= 15 is 0 Å². The van der Waals surface area contributed by atoms with Crippen LogP contribution in [0.1, 0.15) is 105 Å². The summed E-state index contributed by atoms with van der Waals surface area (Å²) in [6.45, 7) is 14.0. The maximum Gasteiger partial charge on any atom is 0.0714 e. The number of rotatable bonds is 8. The molecule has 0 atom stereocenters. The molecule has 5 aliphatic carbocycles. The summed E-state index contributed by atoms with van der Waals surface area (Å²) in [7, 11) is 0. The van der Waals surface area contributed by atoms with Crippen molar-refractivity contribution >= 4 is 16.9 Å². The topological polar surface area (TPSA) is 3.24 Å². The number of nitrogens with zero attached hydrogens (tertiary/aromatic N) is 1. The summed E-state index contributed by atoms with van der Waals surface area (Å²) < 4.78 is 0. The molecule has 0 aliphatic heterocycles. The van der Waals surface area contributed by atoms with Crippen LogP contribution in [0.3, 0.4) is 0 Å². The van der Waals surface area contributed by atoms with Gasteiger partial charge in [0.15, 0.2) is 0 Å². The molecule has 6 aromatic rings. The van der Waals surface area contributed by atoms with Crippen LogP contribution >= 0.6 is 0 Å². The molecule has 0 heterocycles. The van der Waals surface area contributed by atoms with Gasteiger partial charge in [-0.1, -0.05) is 186 Å². The number of anilines is 2. The highest BCUT2D eigenvalue weighted by Crippen LogP contribution is 2.57. The Morgan fingerprint density at radius 3 is 2.02 bits per heavy atom. The molecule has 0 spiro atoms. The van der Waals surface area contributed by atoms with Crippen molar-refractivity contribution in [1.82, 2.24) is 0 Å². The molecule has 1 nitrogen and oxygen atoms in total. The van der Waals surface area contributed by atoms with Gasteiger partial charge in [-0.25, -0.2) is 0 Å². The predicted octanol–water partition coefficient (Wildman–Crippen LogP) is 16.8. The molecule has 5 aliphatic rings. The van der Waals surface area contributed by atoms with Gasteiger partial charge in [-0.3, -0.25) is 0 Å². The van der Waals surface area contributed by atoms with Gasteiger partial charge in [0.1, 0.15) is 0 Å². The molecular weight excluding hydrogens is 759 g/mol. The standard InChI is InChI=1S/C58H47N.2C2H6/c1-3-5-15-39(4-2)40-28-32-46(33-29-40)59(48-34-30-43-36-54-50(53(43)38-48)35-31-42-27-26-41-16-13-23-49(41)57(42)54)47-20-14-19-45(37-47)58(44-17-7-6-8-18-44)55-24-11-9-21-51(55)52-22-10-12-25-56(52)58;2*1-2/h3-12,14-25,28,30-32,34-35,37-38H,1,13,26-27,29,33,36H2,2H3;2*1-2H3/b15-5-,39-4+;;. The Morgan fingerprint density at radius 2 is 1.30 bits per heavy atom. The molecule has 0 radical (unpaired) electrons. The van der Waals surface area contributed by atoms with Crippen molar-refractivity contribution in [2.45, 2.75) is 78.6 Å². The number of hydrogen-bond acceptors (Lipinski definition) is 1. The van der Waals surface area contributed by atoms with E-state index in [2.05, 4.69) is 188 Å². The van der Waals surface area contributed by atoms with Crippen LogP contribution in [0.4, 0.5) is 11.4 Å². The third-order valence-electron chi connectivity index (χ3n) is 13.6. The molecule has 0 saturated carbocycles. The minimum absolute atomic E-state index is 0.472. The van der Waals surface area contributed by atoms with Crippen LogP contribution in [0, 0.1) is 0 Å². The van der Waals surface area contributed by atoms with Crippen molar-refractivity contribution in [1.29, 1.82) is 0 Å². The fraction of sp³-hybridized carbons (Fsp3) is 0.194. The zero-order valence-electron chi connectivity index (χ0n) is 37.7. The summed E-state index contributed by atoms with van der Waals surface area (Å²) >= 11 is 0. The molecule has 0 fully saturated rings. The summed E-state index contributed by atoms with van der Waals surface area (Å²) in [5.41, 5.74) is 25.4. The van der Waals surface area contributed by atoms with Crippen molar-refractivity contribution in [2.75, 3.05) is 4.90 Å². The third kappa shape index (κ3) is 6.95. The fourth-order valence-electron chi connectivity index (χ4n) is 11.0. The van der Waals surface area contributed by atoms with E-state index in [0.29, 0.717) is 0 Å². The fourth-order valence-corrected chi connectivity index (χ4v) is 11.0. The van der Waals surface area contributed by atoms with Gasteiger partial charge in [-0.05, 0) is 165 Å². The maximum atomic E-state index is 3.92. The van der Waals surface area contributed by atoms with Gasteiger partial charge in [-0.15, -0.1) is 0 Å². The Labute approximate surface area is 376 Å². The van der Waals surface area contributed by atoms with Gasteiger partial charge in [-0.2, -0.15) is 0 Å². The van der Waals surface area contributed by atoms with E-state index in [1.54, 1.807) is 5.57 Å². The Bertz CT molecular complexity index is 2860. The lowest BCUT2D eigenvalue weighted by Crippen LogP contribution is -2.29. The highest BCUT2D eigenvalue weighted by molar-refractivity contribution is 5.93. The molecule has 312 valence electrons. The lowest BCUT2D eigenvalue weighted by Gasteiger charge is -2.36. The minimum atomic E-state index is -0.472. The average Bonchev–Trinajstić information content (AvgIpc) is 4.07. The summed E-state index contributed by atoms with van der Waals surface area (Å²) in [5.74, 6) is 0. The van der Waals surface area contributed by atoms with Gasteiger partial charge < -0.3 is 4.90 Å². The monoisotopic (exact) mass is 817 g/mol. The van der Waals surface area contributed by atoms with E-state index in [1.807, 2.05) is 39.8 Å². The molecule has 6 aromatic carbocycles. The average molecular weight is 818 g/mol. The van der Waals surface area contributed by atoms with Crippen molar-refractivity contribution in [3.63, 3.8) is 0 Å². The van der Waals surface area contributed by atoms with E-state index in [4.69, 9.17) is 0 Å². The number of hydrogen-bond donors (Lipinski definition) is 0. The minimum Gasteiger partial charge on any atom is -0.314 e. The van der Waals surface area contributed by atoms with Gasteiger partial charge in [0.2, 0.25) is 0 Å². The molecule has 0 N–H and O–H groups in total. The van der Waals surface area contributed by atoms with Crippen molar-refractivity contribution in [3.05, 3.63) is 256 Å². The smallest absolute Gasteiger partial charge is 0.0714 e. The number of fused-ring (bicyclic) bond motifs is 10. The quantitative estimate of drug-likeness (QED) is 0.138. The molecule has 0 bridgehead atoms. The normalized spacial score (nSPS) is 15.9. The van der Waals surface area contributed by atoms with Crippen molar-refractivity contribution in [3.8, 4) is 22.3 Å². The van der Waals surface area contributed by atoms with Crippen LogP contribution in [-0.4, -0.2) is 0 Å². The van der Waals surface area contributed by atoms with Gasteiger partial charge in [0, 0.05) is 17.1 Å². The Morgan fingerprint density at radius 1 is 0.603 bits per heavy atom. The number of allylic oxidation sites excluding steroid dienone is 13.